The van der Waals surface area contributed by atoms with Gasteiger partial charge in [-0.2, -0.15) is 0 Å². The van der Waals surface area contributed by atoms with Gasteiger partial charge >= 0.3 is 12.2 Å². The van der Waals surface area contributed by atoms with Gasteiger partial charge in [0.05, 0.1) is 76.9 Å². The largest absolute Gasteiger partial charge is 0.453 e. The highest BCUT2D eigenvalue weighted by molar-refractivity contribution is 5.89. The Morgan fingerprint density at radius 1 is 0.636 bits per heavy atom. The van der Waals surface area contributed by atoms with Crippen molar-refractivity contribution < 1.29 is 56.4 Å². The van der Waals surface area contributed by atoms with Crippen LogP contribution in [0.15, 0.2) is 48.5 Å². The summed E-state index contributed by atoms with van der Waals surface area (Å²) >= 11 is 0. The Kier molecular flexibility index (Phi) is 11.9. The molecule has 0 unspecified atom stereocenters. The topological polar surface area (TPSA) is 212 Å². The van der Waals surface area contributed by atoms with Gasteiger partial charge in [0, 0.05) is 12.8 Å². The van der Waals surface area contributed by atoms with E-state index in [0.717, 1.165) is 0 Å². The number of aromatic nitrogens is 4. The van der Waals surface area contributed by atoms with Crippen LogP contribution in [0.5, 0.6) is 0 Å². The molecule has 4 amide bonds. The third-order valence-electron chi connectivity index (χ3n) is 12.9. The van der Waals surface area contributed by atoms with Crippen LogP contribution in [0, 0.1) is 23.5 Å². The van der Waals surface area contributed by atoms with Crippen LogP contribution in [0.3, 0.4) is 0 Å². The number of fused-ring (bicyclic) bond motifs is 2. The fraction of sp³-hybridized carbons (Fsp3) is 0.478. The average Bonchev–Trinajstić information content (AvgIpc) is 4.18. The van der Waals surface area contributed by atoms with Crippen LogP contribution in [0.1, 0.15) is 64.3 Å². The summed E-state index contributed by atoms with van der Waals surface area (Å²) in [6.07, 6.45) is -1.01. The van der Waals surface area contributed by atoms with Gasteiger partial charge in [-0.05, 0) is 58.4 Å². The number of benzene rings is 3. The Labute approximate surface area is 378 Å². The minimum Gasteiger partial charge on any atom is -0.453 e. The summed E-state index contributed by atoms with van der Waals surface area (Å²) in [7, 11) is 2.45. The monoisotopic (exact) mass is 914 g/mol. The Bertz CT molecular complexity index is 2500. The van der Waals surface area contributed by atoms with Gasteiger partial charge in [0.25, 0.3) is 0 Å². The Hall–Kier alpha value is -6.22. The number of likely N-dealkylation sites (tertiary alicyclic amines) is 2. The number of alkyl carbamates (subject to hydrolysis) is 2. The van der Waals surface area contributed by atoms with E-state index in [-0.39, 0.29) is 60.6 Å². The van der Waals surface area contributed by atoms with Crippen molar-refractivity contribution in [3.05, 3.63) is 71.8 Å². The summed E-state index contributed by atoms with van der Waals surface area (Å²) in [5.41, 5.74) is 3.43. The quantitative estimate of drug-likeness (QED) is 0.130. The number of amides is 4. The van der Waals surface area contributed by atoms with Gasteiger partial charge < -0.3 is 58.8 Å². The van der Waals surface area contributed by atoms with Gasteiger partial charge in [-0.15, -0.1) is 0 Å². The number of nitrogens with zero attached hydrogens (tertiary/aromatic N) is 4. The van der Waals surface area contributed by atoms with E-state index in [1.807, 2.05) is 27.7 Å². The minimum absolute atomic E-state index is 0.0835. The van der Waals surface area contributed by atoms with E-state index in [1.165, 1.54) is 26.4 Å². The van der Waals surface area contributed by atoms with Crippen LogP contribution in [-0.2, 0) is 38.0 Å². The number of hydrogen-bond acceptors (Lipinski definition) is 12. The number of halogens is 2. The molecule has 5 aromatic rings. The van der Waals surface area contributed by atoms with Gasteiger partial charge in [0.2, 0.25) is 11.8 Å². The molecule has 2 spiro atoms. The van der Waals surface area contributed by atoms with Crippen LogP contribution in [0.25, 0.3) is 44.3 Å². The standard InChI is InChI=1S/C46H52F2N8O10/c1-23(2)35(53-43(59)61-5)41(57)55-21-45(63-11-12-64-45)19-33(55)39-49-31-17-27(15-29(47)37(31)51-39)25-7-9-26(10-8-25)28-16-30(48)38-32(18-28)50-40(52-38)34-20-46(65-13-14-66-46)22-56(34)42(58)36(24(3)4)54-44(60)62-6/h7-10,15-18,23-24,33-36H,11-14,19-22H2,1-6H3,(H,49,51)(H,50,52)(H,53,59)(H,54,60)/t33-,34-,35-,36-/m0/s1. The second-order valence-corrected chi connectivity index (χ2v) is 17.8. The van der Waals surface area contributed by atoms with E-state index in [1.54, 1.807) is 46.2 Å². The molecule has 4 fully saturated rings. The van der Waals surface area contributed by atoms with Crippen molar-refractivity contribution in [1.29, 1.82) is 0 Å². The number of carbonyl (C=O) groups is 4. The Balaban J connectivity index is 0.975. The van der Waals surface area contributed by atoms with Crippen molar-refractivity contribution in [1.82, 2.24) is 40.4 Å². The summed E-state index contributed by atoms with van der Waals surface area (Å²) in [5.74, 6) is -3.98. The van der Waals surface area contributed by atoms with Crippen molar-refractivity contribution in [3.8, 4) is 22.3 Å². The first-order valence-corrected chi connectivity index (χ1v) is 22.0. The highest BCUT2D eigenvalue weighted by Gasteiger charge is 2.54. The smallest absolute Gasteiger partial charge is 0.407 e. The zero-order chi connectivity index (χ0) is 46.7. The summed E-state index contributed by atoms with van der Waals surface area (Å²) in [5, 5.41) is 5.27. The van der Waals surface area contributed by atoms with Gasteiger partial charge in [0.1, 0.15) is 34.8 Å². The minimum atomic E-state index is -1.07. The lowest BCUT2D eigenvalue weighted by Gasteiger charge is -2.30. The van der Waals surface area contributed by atoms with E-state index < -0.39 is 59.6 Å². The molecule has 18 nitrogen and oxygen atoms in total. The van der Waals surface area contributed by atoms with Gasteiger partial charge in [-0.3, -0.25) is 9.59 Å². The van der Waals surface area contributed by atoms with E-state index in [0.29, 0.717) is 71.4 Å². The maximum Gasteiger partial charge on any atom is 0.407 e. The van der Waals surface area contributed by atoms with Crippen LogP contribution in [-0.4, -0.2) is 131 Å². The van der Waals surface area contributed by atoms with Crippen molar-refractivity contribution in [2.45, 2.75) is 76.3 Å². The first-order valence-electron chi connectivity index (χ1n) is 22.0. The number of carbonyl (C=O) groups excluding carboxylic acids is 4. The van der Waals surface area contributed by atoms with Crippen molar-refractivity contribution in [2.24, 2.45) is 11.8 Å². The summed E-state index contributed by atoms with van der Waals surface area (Å²) in [4.78, 5) is 71.4. The van der Waals surface area contributed by atoms with Gasteiger partial charge in [-0.1, -0.05) is 52.0 Å². The molecule has 4 aliphatic rings. The van der Waals surface area contributed by atoms with Crippen molar-refractivity contribution in [2.75, 3.05) is 53.7 Å². The Morgan fingerprint density at radius 3 is 1.33 bits per heavy atom. The third kappa shape index (κ3) is 8.30. The fourth-order valence-corrected chi connectivity index (χ4v) is 9.49. The predicted octanol–water partition coefficient (Wildman–Crippen LogP) is 5.85. The molecule has 9 rings (SSSR count). The number of H-pyrrole nitrogens is 2. The molecule has 66 heavy (non-hydrogen) atoms. The lowest BCUT2D eigenvalue weighted by molar-refractivity contribution is -0.153. The zero-order valence-corrected chi connectivity index (χ0v) is 37.4. The molecule has 3 aromatic carbocycles. The van der Waals surface area contributed by atoms with Crippen LogP contribution in [0.4, 0.5) is 18.4 Å². The third-order valence-corrected chi connectivity index (χ3v) is 12.9. The van der Waals surface area contributed by atoms with E-state index in [9.17, 15) is 19.2 Å². The summed E-state index contributed by atoms with van der Waals surface area (Å²) in [6.45, 7) is 8.80. The first-order chi connectivity index (χ1) is 31.6. The van der Waals surface area contributed by atoms with Crippen LogP contribution >= 0.6 is 0 Å². The number of methoxy groups -OCH3 is 2. The van der Waals surface area contributed by atoms with E-state index >= 15 is 8.78 Å². The molecule has 0 saturated carbocycles. The van der Waals surface area contributed by atoms with E-state index in [2.05, 4.69) is 30.6 Å². The molecule has 0 aliphatic carbocycles. The molecule has 0 radical (unpaired) electrons. The molecular weight excluding hydrogens is 863 g/mol. The SMILES string of the molecule is COC(=O)N[C@H](C(=O)N1CC2(C[C@H]1c1nc3c(F)cc(-c4ccc(-c5cc(F)c6nc([C@@H]7CC8(CN7C(=O)[C@@H](NC(=O)OC)C(C)C)OCCO8)[nH]c6c5)cc4)cc3[nH]1)OCCO2)C(C)C. The fourth-order valence-electron chi connectivity index (χ4n) is 9.49. The average molecular weight is 915 g/mol. The molecule has 0 bridgehead atoms. The number of aromatic amines is 2. The molecule has 4 aliphatic heterocycles. The second kappa shape index (κ2) is 17.5. The predicted molar refractivity (Wildman–Crippen MR) is 232 cm³/mol. The maximum atomic E-state index is 16.0. The van der Waals surface area contributed by atoms with Crippen LogP contribution < -0.4 is 10.6 Å². The molecule has 350 valence electrons. The first kappa shape index (κ1) is 45.0. The number of hydrogen-bond donors (Lipinski definition) is 4. The Morgan fingerprint density at radius 2 is 1.00 bits per heavy atom. The molecule has 2 aromatic heterocycles. The normalized spacial score (nSPS) is 20.9. The molecule has 6 heterocycles. The highest BCUT2D eigenvalue weighted by Crippen LogP contribution is 2.45. The summed E-state index contributed by atoms with van der Waals surface area (Å²) in [6, 6.07) is 10.3. The summed E-state index contributed by atoms with van der Waals surface area (Å²) < 4.78 is 65.5. The maximum absolute atomic E-state index is 16.0. The number of nitrogens with one attached hydrogen (secondary N) is 4. The molecular formula is C46H52F2N8O10. The highest BCUT2D eigenvalue weighted by atomic mass is 19.1. The zero-order valence-electron chi connectivity index (χ0n) is 37.4. The second-order valence-electron chi connectivity index (χ2n) is 17.8. The van der Waals surface area contributed by atoms with Gasteiger partial charge in [0.15, 0.2) is 23.2 Å². The van der Waals surface area contributed by atoms with Crippen molar-refractivity contribution in [3.63, 3.8) is 0 Å². The molecule has 20 heteroatoms. The van der Waals surface area contributed by atoms with E-state index in [4.69, 9.17) is 28.4 Å². The van der Waals surface area contributed by atoms with Crippen LogP contribution in [0.2, 0.25) is 0 Å². The lowest BCUT2D eigenvalue weighted by Crippen LogP contribution is -2.52. The number of imidazole rings is 2. The van der Waals surface area contributed by atoms with Crippen molar-refractivity contribution >= 4 is 46.1 Å². The molecule has 4 atom stereocenters. The molecule has 4 saturated heterocycles. The number of rotatable bonds is 10. The lowest BCUT2D eigenvalue weighted by atomic mass is 9.99. The number of ether oxygens (including phenoxy) is 6. The van der Waals surface area contributed by atoms with Gasteiger partial charge in [-0.25, -0.2) is 28.3 Å². The molecule has 4 N–H and O–H groups in total.